The Morgan fingerprint density at radius 3 is 2.61 bits per heavy atom. The third kappa shape index (κ3) is 4.67. The molecule has 166 valence electrons. The minimum atomic E-state index is -0.926. The fourth-order valence-corrected chi connectivity index (χ4v) is 3.03. The molecule has 0 fully saturated rings. The number of hydrogen-bond donors (Lipinski definition) is 3. The van der Waals surface area contributed by atoms with E-state index in [4.69, 9.17) is 4.74 Å². The van der Waals surface area contributed by atoms with Crippen LogP contribution >= 0.6 is 0 Å². The molecule has 0 aliphatic rings. The number of nitrogens with one attached hydrogen (secondary N) is 1. The number of anilines is 1. The Balaban J connectivity index is 2.03. The van der Waals surface area contributed by atoms with Crippen LogP contribution in [0.5, 0.6) is 5.75 Å². The van der Waals surface area contributed by atoms with Gasteiger partial charge in [0.05, 0.1) is 31.6 Å². The number of hydrazone groups is 1. The standard InChI is InChI=1S/C20H26N6O5/c1-12(2)31-11-14(27)10-26-16-17(24(3)20(30)25(4)18(16)29)22-19(26)23-21-9-13-7-5-6-8-15(13)28/h5-9,12,14,27-28H,10-11H2,1-4H3,(H,22,23). The Kier molecular flexibility index (Phi) is 6.56. The van der Waals surface area contributed by atoms with Crippen molar-refractivity contribution in [2.24, 2.45) is 19.2 Å². The summed E-state index contributed by atoms with van der Waals surface area (Å²) in [6, 6.07) is 6.65. The van der Waals surface area contributed by atoms with Gasteiger partial charge in [-0.1, -0.05) is 12.1 Å². The number of aliphatic hydroxyl groups is 1. The molecule has 0 aliphatic carbocycles. The molecule has 0 bridgehead atoms. The predicted octanol–water partition coefficient (Wildman–Crippen LogP) is 0.371. The molecule has 1 unspecified atom stereocenters. The first kappa shape index (κ1) is 22.2. The van der Waals surface area contributed by atoms with Gasteiger partial charge in [0.1, 0.15) is 5.75 Å². The number of rotatable bonds is 8. The molecule has 1 aromatic carbocycles. The largest absolute Gasteiger partial charge is 0.507 e. The van der Waals surface area contributed by atoms with Gasteiger partial charge in [-0.15, -0.1) is 0 Å². The van der Waals surface area contributed by atoms with E-state index in [2.05, 4.69) is 15.5 Å². The topological polar surface area (TPSA) is 136 Å². The van der Waals surface area contributed by atoms with Gasteiger partial charge in [-0.05, 0) is 26.0 Å². The molecule has 0 saturated heterocycles. The van der Waals surface area contributed by atoms with Crippen molar-refractivity contribution in [2.45, 2.75) is 32.6 Å². The van der Waals surface area contributed by atoms with Gasteiger partial charge >= 0.3 is 5.69 Å². The highest BCUT2D eigenvalue weighted by Gasteiger charge is 2.21. The van der Waals surface area contributed by atoms with Crippen LogP contribution < -0.4 is 16.7 Å². The first-order chi connectivity index (χ1) is 14.7. The van der Waals surface area contributed by atoms with E-state index in [1.54, 1.807) is 18.2 Å². The number of benzene rings is 1. The molecular formula is C20H26N6O5. The molecule has 0 aliphatic heterocycles. The molecule has 11 nitrogen and oxygen atoms in total. The molecule has 31 heavy (non-hydrogen) atoms. The quantitative estimate of drug-likeness (QED) is 0.347. The second-order valence-corrected chi connectivity index (χ2v) is 7.39. The van der Waals surface area contributed by atoms with Crippen molar-refractivity contribution in [1.82, 2.24) is 18.7 Å². The number of fused-ring (bicyclic) bond motifs is 1. The number of aliphatic hydroxyl groups excluding tert-OH is 1. The lowest BCUT2D eigenvalue weighted by atomic mass is 10.2. The lowest BCUT2D eigenvalue weighted by molar-refractivity contribution is -0.000109. The van der Waals surface area contributed by atoms with Gasteiger partial charge in [0.15, 0.2) is 11.2 Å². The van der Waals surface area contributed by atoms with Crippen molar-refractivity contribution in [3.8, 4) is 5.75 Å². The molecule has 0 saturated carbocycles. The summed E-state index contributed by atoms with van der Waals surface area (Å²) < 4.78 is 9.15. The van der Waals surface area contributed by atoms with Crippen molar-refractivity contribution in [2.75, 3.05) is 12.0 Å². The Morgan fingerprint density at radius 2 is 1.94 bits per heavy atom. The number of para-hydroxylation sites is 1. The van der Waals surface area contributed by atoms with E-state index in [1.165, 1.54) is 35.5 Å². The summed E-state index contributed by atoms with van der Waals surface area (Å²) in [5, 5.41) is 24.4. The van der Waals surface area contributed by atoms with E-state index in [0.29, 0.717) is 5.56 Å². The van der Waals surface area contributed by atoms with Gasteiger partial charge in [-0.3, -0.25) is 13.9 Å². The summed E-state index contributed by atoms with van der Waals surface area (Å²) in [4.78, 5) is 29.4. The molecule has 2 heterocycles. The molecule has 3 aromatic rings. The van der Waals surface area contributed by atoms with Crippen molar-refractivity contribution in [3.63, 3.8) is 0 Å². The van der Waals surface area contributed by atoms with E-state index in [1.807, 2.05) is 13.8 Å². The monoisotopic (exact) mass is 430 g/mol. The number of phenols is 1. The van der Waals surface area contributed by atoms with Gasteiger partial charge in [0.2, 0.25) is 5.95 Å². The maximum atomic E-state index is 12.8. The highest BCUT2D eigenvalue weighted by molar-refractivity contribution is 5.83. The highest BCUT2D eigenvalue weighted by atomic mass is 16.5. The Labute approximate surface area is 177 Å². The van der Waals surface area contributed by atoms with Crippen LogP contribution in [0.25, 0.3) is 11.2 Å². The maximum Gasteiger partial charge on any atom is 0.332 e. The zero-order chi connectivity index (χ0) is 22.7. The average molecular weight is 430 g/mol. The predicted molar refractivity (Wildman–Crippen MR) is 117 cm³/mol. The normalized spacial score (nSPS) is 12.8. The van der Waals surface area contributed by atoms with Gasteiger partial charge in [-0.2, -0.15) is 10.1 Å². The van der Waals surface area contributed by atoms with Gasteiger partial charge in [0.25, 0.3) is 5.56 Å². The average Bonchev–Trinajstić information content (AvgIpc) is 3.09. The summed E-state index contributed by atoms with van der Waals surface area (Å²) >= 11 is 0. The molecule has 0 spiro atoms. The maximum absolute atomic E-state index is 12.8. The molecule has 3 N–H and O–H groups in total. The zero-order valence-electron chi connectivity index (χ0n) is 17.8. The fraction of sp³-hybridized carbons (Fsp3) is 0.400. The second kappa shape index (κ2) is 9.14. The fourth-order valence-electron chi connectivity index (χ4n) is 3.03. The van der Waals surface area contributed by atoms with Crippen LogP contribution in [0.1, 0.15) is 19.4 Å². The van der Waals surface area contributed by atoms with Crippen molar-refractivity contribution < 1.29 is 14.9 Å². The van der Waals surface area contributed by atoms with Crippen LogP contribution in [0.3, 0.4) is 0 Å². The van der Waals surface area contributed by atoms with Crippen LogP contribution in [0, 0.1) is 0 Å². The third-order valence-electron chi connectivity index (χ3n) is 4.67. The zero-order valence-corrected chi connectivity index (χ0v) is 17.8. The molecular weight excluding hydrogens is 404 g/mol. The number of ether oxygens (including phenoxy) is 1. The van der Waals surface area contributed by atoms with Crippen LogP contribution in [-0.4, -0.2) is 53.9 Å². The van der Waals surface area contributed by atoms with Crippen LogP contribution in [-0.2, 0) is 25.4 Å². The Bertz CT molecular complexity index is 1220. The first-order valence-electron chi connectivity index (χ1n) is 9.73. The van der Waals surface area contributed by atoms with E-state index in [0.717, 1.165) is 4.57 Å². The number of hydrogen-bond acceptors (Lipinski definition) is 8. The number of nitrogens with zero attached hydrogens (tertiary/aromatic N) is 5. The van der Waals surface area contributed by atoms with Crippen molar-refractivity contribution in [3.05, 3.63) is 50.7 Å². The lowest BCUT2D eigenvalue weighted by Crippen LogP contribution is -2.38. The van der Waals surface area contributed by atoms with E-state index in [9.17, 15) is 19.8 Å². The summed E-state index contributed by atoms with van der Waals surface area (Å²) in [5.74, 6) is 0.211. The van der Waals surface area contributed by atoms with Gasteiger partial charge < -0.3 is 19.5 Å². The Morgan fingerprint density at radius 1 is 1.23 bits per heavy atom. The van der Waals surface area contributed by atoms with Gasteiger partial charge in [-0.25, -0.2) is 10.2 Å². The van der Waals surface area contributed by atoms with E-state index >= 15 is 0 Å². The summed E-state index contributed by atoms with van der Waals surface area (Å²) in [6.45, 7) is 3.76. The molecule has 11 heteroatoms. The minimum absolute atomic E-state index is 0.00883. The highest BCUT2D eigenvalue weighted by Crippen LogP contribution is 2.17. The van der Waals surface area contributed by atoms with Crippen LogP contribution in [0.4, 0.5) is 5.95 Å². The van der Waals surface area contributed by atoms with Gasteiger partial charge in [0, 0.05) is 19.7 Å². The third-order valence-corrected chi connectivity index (χ3v) is 4.67. The second-order valence-electron chi connectivity index (χ2n) is 7.39. The molecule has 0 amide bonds. The van der Waals surface area contributed by atoms with Crippen molar-refractivity contribution >= 4 is 23.3 Å². The molecule has 3 rings (SSSR count). The number of phenolic OH excluding ortho intramolecular Hbond substituents is 1. The van der Waals surface area contributed by atoms with Crippen LogP contribution in [0.15, 0.2) is 39.0 Å². The molecule has 2 aromatic heterocycles. The lowest BCUT2D eigenvalue weighted by Gasteiger charge is -2.16. The SMILES string of the molecule is CC(C)OCC(O)Cn1c(NN=Cc2ccccc2O)nc2c1c(=O)n(C)c(=O)n2C. The van der Waals surface area contributed by atoms with Crippen LogP contribution in [0.2, 0.25) is 0 Å². The molecule has 0 radical (unpaired) electrons. The number of aromatic nitrogens is 4. The van der Waals surface area contributed by atoms with E-state index < -0.39 is 17.4 Å². The number of aromatic hydroxyl groups is 1. The summed E-state index contributed by atoms with van der Waals surface area (Å²) in [7, 11) is 2.89. The number of imidazole rings is 1. The first-order valence-corrected chi connectivity index (χ1v) is 9.73. The van der Waals surface area contributed by atoms with Crippen molar-refractivity contribution in [1.29, 1.82) is 0 Å². The Hall–Kier alpha value is -3.44. The van der Waals surface area contributed by atoms with E-state index in [-0.39, 0.29) is 42.1 Å². The molecule has 1 atom stereocenters. The summed E-state index contributed by atoms with van der Waals surface area (Å²) in [6.07, 6.45) is 0.405. The smallest absolute Gasteiger partial charge is 0.332 e. The minimum Gasteiger partial charge on any atom is -0.507 e. The summed E-state index contributed by atoms with van der Waals surface area (Å²) in [5.41, 5.74) is 2.46. The number of aryl methyl sites for hydroxylation is 1.